The number of nitrogens with zero attached hydrogens (tertiary/aromatic N) is 3. The third-order valence-electron chi connectivity index (χ3n) is 2.46. The Morgan fingerprint density at radius 2 is 2.00 bits per heavy atom. The van der Waals surface area contributed by atoms with Crippen LogP contribution in [-0.2, 0) is 6.54 Å². The van der Waals surface area contributed by atoms with E-state index >= 15 is 0 Å². The first-order chi connectivity index (χ1) is 8.27. The fourth-order valence-electron chi connectivity index (χ4n) is 1.62. The maximum absolute atomic E-state index is 4.23. The van der Waals surface area contributed by atoms with E-state index in [9.17, 15) is 0 Å². The Balaban J connectivity index is 2.09. The van der Waals surface area contributed by atoms with Gasteiger partial charge in [0.2, 0.25) is 0 Å². The summed E-state index contributed by atoms with van der Waals surface area (Å²) in [7, 11) is 4.06. The summed E-state index contributed by atoms with van der Waals surface area (Å²) in [5, 5.41) is 3.37. The van der Waals surface area contributed by atoms with Crippen LogP contribution in [-0.4, -0.2) is 24.1 Å². The number of para-hydroxylation sites is 2. The normalized spacial score (nSPS) is 10.0. The minimum Gasteiger partial charge on any atom is -0.378 e. The van der Waals surface area contributed by atoms with Crippen molar-refractivity contribution in [1.82, 2.24) is 9.97 Å². The van der Waals surface area contributed by atoms with Gasteiger partial charge < -0.3 is 10.2 Å². The summed E-state index contributed by atoms with van der Waals surface area (Å²) in [5.41, 5.74) is 3.20. The highest BCUT2D eigenvalue weighted by atomic mass is 15.1. The fourth-order valence-corrected chi connectivity index (χ4v) is 1.62. The van der Waals surface area contributed by atoms with Gasteiger partial charge in [-0.15, -0.1) is 0 Å². The molecule has 0 atom stereocenters. The molecule has 0 fully saturated rings. The summed E-state index contributed by atoms with van der Waals surface area (Å²) in [5.74, 6) is 0. The van der Waals surface area contributed by atoms with Crippen LogP contribution in [0.25, 0.3) is 0 Å². The van der Waals surface area contributed by atoms with Gasteiger partial charge in [0, 0.05) is 26.5 Å². The van der Waals surface area contributed by atoms with Crippen molar-refractivity contribution in [2.75, 3.05) is 24.3 Å². The first-order valence-corrected chi connectivity index (χ1v) is 5.52. The van der Waals surface area contributed by atoms with E-state index in [0.717, 1.165) is 17.1 Å². The van der Waals surface area contributed by atoms with Gasteiger partial charge in [-0.3, -0.25) is 9.97 Å². The summed E-state index contributed by atoms with van der Waals surface area (Å²) >= 11 is 0. The van der Waals surface area contributed by atoms with E-state index in [-0.39, 0.29) is 0 Å². The Morgan fingerprint density at radius 3 is 2.71 bits per heavy atom. The zero-order valence-corrected chi connectivity index (χ0v) is 10.1. The largest absolute Gasteiger partial charge is 0.378 e. The lowest BCUT2D eigenvalue weighted by molar-refractivity contribution is 1.00. The van der Waals surface area contributed by atoms with Crippen LogP contribution in [0.1, 0.15) is 5.69 Å². The molecule has 0 bridgehead atoms. The average molecular weight is 228 g/mol. The molecule has 0 aliphatic rings. The fraction of sp³-hybridized carbons (Fsp3) is 0.231. The van der Waals surface area contributed by atoms with Gasteiger partial charge in [-0.1, -0.05) is 12.1 Å². The van der Waals surface area contributed by atoms with Crippen molar-refractivity contribution in [2.45, 2.75) is 6.54 Å². The second-order valence-electron chi connectivity index (χ2n) is 3.96. The monoisotopic (exact) mass is 228 g/mol. The molecule has 4 nitrogen and oxygen atoms in total. The summed E-state index contributed by atoms with van der Waals surface area (Å²) < 4.78 is 0. The van der Waals surface area contributed by atoms with Gasteiger partial charge in [-0.05, 0) is 12.1 Å². The van der Waals surface area contributed by atoms with E-state index in [2.05, 4.69) is 32.3 Å². The molecular weight excluding hydrogens is 212 g/mol. The molecule has 1 N–H and O–H groups in total. The zero-order chi connectivity index (χ0) is 12.1. The number of aromatic nitrogens is 2. The molecule has 1 heterocycles. The van der Waals surface area contributed by atoms with E-state index in [1.807, 2.05) is 26.2 Å². The van der Waals surface area contributed by atoms with Crippen molar-refractivity contribution in [3.05, 3.63) is 48.5 Å². The Kier molecular flexibility index (Phi) is 3.55. The van der Waals surface area contributed by atoms with E-state index in [1.54, 1.807) is 18.6 Å². The van der Waals surface area contributed by atoms with E-state index < -0.39 is 0 Å². The lowest BCUT2D eigenvalue weighted by Crippen LogP contribution is -2.12. The molecule has 0 aliphatic carbocycles. The Morgan fingerprint density at radius 1 is 1.18 bits per heavy atom. The van der Waals surface area contributed by atoms with Gasteiger partial charge in [0.25, 0.3) is 0 Å². The third-order valence-corrected chi connectivity index (χ3v) is 2.46. The molecule has 0 saturated heterocycles. The highest BCUT2D eigenvalue weighted by Crippen LogP contribution is 2.23. The van der Waals surface area contributed by atoms with Gasteiger partial charge >= 0.3 is 0 Å². The lowest BCUT2D eigenvalue weighted by Gasteiger charge is -2.18. The minimum atomic E-state index is 0.679. The molecule has 1 aromatic carbocycles. The van der Waals surface area contributed by atoms with Crippen molar-refractivity contribution in [3.63, 3.8) is 0 Å². The van der Waals surface area contributed by atoms with Gasteiger partial charge in [-0.25, -0.2) is 0 Å². The molecule has 4 heteroatoms. The van der Waals surface area contributed by atoms with Crippen LogP contribution in [0.3, 0.4) is 0 Å². The first kappa shape index (κ1) is 11.4. The molecule has 0 amide bonds. The SMILES string of the molecule is CN(C)c1ccccc1NCc1cnccn1. The topological polar surface area (TPSA) is 41.0 Å². The zero-order valence-electron chi connectivity index (χ0n) is 10.1. The van der Waals surface area contributed by atoms with Crippen LogP contribution in [0.5, 0.6) is 0 Å². The highest BCUT2D eigenvalue weighted by molar-refractivity contribution is 5.69. The van der Waals surface area contributed by atoms with Gasteiger partial charge in [0.05, 0.1) is 29.8 Å². The molecule has 1 aromatic heterocycles. The molecule has 0 saturated carbocycles. The summed E-state index contributed by atoms with van der Waals surface area (Å²) in [6, 6.07) is 8.19. The molecule has 0 spiro atoms. The number of hydrogen-bond acceptors (Lipinski definition) is 4. The molecule has 2 aromatic rings. The smallest absolute Gasteiger partial charge is 0.0777 e. The van der Waals surface area contributed by atoms with Crippen molar-refractivity contribution >= 4 is 11.4 Å². The average Bonchev–Trinajstić information content (AvgIpc) is 2.38. The van der Waals surface area contributed by atoms with Crippen molar-refractivity contribution in [1.29, 1.82) is 0 Å². The number of benzene rings is 1. The van der Waals surface area contributed by atoms with Crippen molar-refractivity contribution < 1.29 is 0 Å². The van der Waals surface area contributed by atoms with Gasteiger partial charge in [-0.2, -0.15) is 0 Å². The van der Waals surface area contributed by atoms with E-state index in [0.29, 0.717) is 6.54 Å². The van der Waals surface area contributed by atoms with Crippen molar-refractivity contribution in [3.8, 4) is 0 Å². The Bertz CT molecular complexity index is 468. The third kappa shape index (κ3) is 2.93. The van der Waals surface area contributed by atoms with Gasteiger partial charge in [0.1, 0.15) is 0 Å². The molecule has 17 heavy (non-hydrogen) atoms. The summed E-state index contributed by atoms with van der Waals surface area (Å²) in [4.78, 5) is 10.4. The standard InChI is InChI=1S/C13H16N4/c1-17(2)13-6-4-3-5-12(13)16-10-11-9-14-7-8-15-11/h3-9,16H,10H2,1-2H3. The number of rotatable bonds is 4. The molecule has 88 valence electrons. The van der Waals surface area contributed by atoms with Crippen LogP contribution >= 0.6 is 0 Å². The van der Waals surface area contributed by atoms with Crippen LogP contribution < -0.4 is 10.2 Å². The molecular formula is C13H16N4. The molecule has 0 unspecified atom stereocenters. The van der Waals surface area contributed by atoms with Crippen LogP contribution in [0, 0.1) is 0 Å². The molecule has 0 aliphatic heterocycles. The second kappa shape index (κ2) is 5.30. The quantitative estimate of drug-likeness (QED) is 0.870. The number of hydrogen-bond donors (Lipinski definition) is 1. The van der Waals surface area contributed by atoms with Crippen LogP contribution in [0.15, 0.2) is 42.9 Å². The second-order valence-corrected chi connectivity index (χ2v) is 3.96. The maximum atomic E-state index is 4.23. The van der Waals surface area contributed by atoms with E-state index in [1.165, 1.54) is 0 Å². The van der Waals surface area contributed by atoms with Gasteiger partial charge in [0.15, 0.2) is 0 Å². The lowest BCUT2D eigenvalue weighted by atomic mass is 10.2. The Labute approximate surface area is 101 Å². The van der Waals surface area contributed by atoms with Crippen LogP contribution in [0.4, 0.5) is 11.4 Å². The minimum absolute atomic E-state index is 0.679. The number of anilines is 2. The predicted octanol–water partition coefficient (Wildman–Crippen LogP) is 2.15. The predicted molar refractivity (Wildman–Crippen MR) is 70.1 cm³/mol. The van der Waals surface area contributed by atoms with E-state index in [4.69, 9.17) is 0 Å². The summed E-state index contributed by atoms with van der Waals surface area (Å²) in [6.07, 6.45) is 5.15. The summed E-state index contributed by atoms with van der Waals surface area (Å²) in [6.45, 7) is 0.679. The molecule has 2 rings (SSSR count). The highest BCUT2D eigenvalue weighted by Gasteiger charge is 2.02. The Hall–Kier alpha value is -2.10. The van der Waals surface area contributed by atoms with Crippen molar-refractivity contribution in [2.24, 2.45) is 0 Å². The molecule has 0 radical (unpaired) electrons. The maximum Gasteiger partial charge on any atom is 0.0777 e. The first-order valence-electron chi connectivity index (χ1n) is 5.52. The number of nitrogens with one attached hydrogen (secondary N) is 1. The van der Waals surface area contributed by atoms with Crippen LogP contribution in [0.2, 0.25) is 0 Å².